The van der Waals surface area contributed by atoms with Gasteiger partial charge in [-0.2, -0.15) is 0 Å². The molecule has 25 heavy (non-hydrogen) atoms. The number of amides is 1. The number of hydrogen-bond donors (Lipinski definition) is 2. The molecule has 2 N–H and O–H groups in total. The van der Waals surface area contributed by atoms with Gasteiger partial charge >= 0.3 is 0 Å². The van der Waals surface area contributed by atoms with Gasteiger partial charge in [0.15, 0.2) is 5.65 Å². The van der Waals surface area contributed by atoms with E-state index < -0.39 is 0 Å². The van der Waals surface area contributed by atoms with Crippen molar-refractivity contribution in [2.24, 2.45) is 0 Å². The summed E-state index contributed by atoms with van der Waals surface area (Å²) in [6.07, 6.45) is 7.79. The average Bonchev–Trinajstić information content (AvgIpc) is 3.31. The van der Waals surface area contributed by atoms with Gasteiger partial charge in [-0.1, -0.05) is 0 Å². The van der Waals surface area contributed by atoms with E-state index in [2.05, 4.69) is 25.8 Å². The van der Waals surface area contributed by atoms with Crippen molar-refractivity contribution in [2.45, 2.75) is 19.1 Å². The molecule has 0 unspecified atom stereocenters. The van der Waals surface area contributed by atoms with Gasteiger partial charge in [0, 0.05) is 31.0 Å². The lowest BCUT2D eigenvalue weighted by atomic mass is 10.2. The van der Waals surface area contributed by atoms with E-state index in [-0.39, 0.29) is 12.0 Å². The van der Waals surface area contributed by atoms with Gasteiger partial charge in [0.05, 0.1) is 11.8 Å². The fourth-order valence-electron chi connectivity index (χ4n) is 2.81. The minimum absolute atomic E-state index is 0.148. The van der Waals surface area contributed by atoms with Crippen molar-refractivity contribution in [3.05, 3.63) is 54.2 Å². The van der Waals surface area contributed by atoms with Crippen LogP contribution in [0.3, 0.4) is 0 Å². The van der Waals surface area contributed by atoms with E-state index in [0.717, 1.165) is 25.1 Å². The molecule has 1 fully saturated rings. The third kappa shape index (κ3) is 3.43. The van der Waals surface area contributed by atoms with Crippen LogP contribution in [-0.2, 0) is 6.54 Å². The molecule has 0 aliphatic carbocycles. The van der Waals surface area contributed by atoms with Crippen molar-refractivity contribution in [1.29, 1.82) is 0 Å². The highest BCUT2D eigenvalue weighted by Gasteiger charge is 2.18. The Balaban J connectivity index is 1.44. The number of nitrogens with one attached hydrogen (secondary N) is 2. The number of rotatable bonds is 5. The summed E-state index contributed by atoms with van der Waals surface area (Å²) in [7, 11) is 0. The Bertz CT molecular complexity index is 887. The Kier molecular flexibility index (Phi) is 4.26. The van der Waals surface area contributed by atoms with Gasteiger partial charge in [0.25, 0.3) is 5.91 Å². The van der Waals surface area contributed by atoms with Crippen LogP contribution in [0.2, 0.25) is 0 Å². The van der Waals surface area contributed by atoms with E-state index in [1.54, 1.807) is 41.5 Å². The highest BCUT2D eigenvalue weighted by Crippen LogP contribution is 2.19. The number of carbonyl (C=O) groups excluding carboxylic acids is 1. The van der Waals surface area contributed by atoms with E-state index in [1.807, 2.05) is 6.07 Å². The quantitative estimate of drug-likeness (QED) is 0.715. The molecular formula is C17H18N6O2. The van der Waals surface area contributed by atoms with E-state index in [9.17, 15) is 4.79 Å². The maximum absolute atomic E-state index is 12.4. The summed E-state index contributed by atoms with van der Waals surface area (Å²) < 4.78 is 7.71. The highest BCUT2D eigenvalue weighted by molar-refractivity contribution is 5.94. The van der Waals surface area contributed by atoms with Crippen LogP contribution in [0, 0.1) is 0 Å². The number of ether oxygens (including phenoxy) is 1. The average molecular weight is 338 g/mol. The minimum Gasteiger partial charge on any atom is -0.487 e. The van der Waals surface area contributed by atoms with Crippen LogP contribution in [-0.4, -0.2) is 44.7 Å². The summed E-state index contributed by atoms with van der Waals surface area (Å²) in [6, 6.07) is 5.35. The summed E-state index contributed by atoms with van der Waals surface area (Å²) in [5, 5.41) is 13.9. The predicted molar refractivity (Wildman–Crippen MR) is 90.3 cm³/mol. The fourth-order valence-corrected chi connectivity index (χ4v) is 2.81. The van der Waals surface area contributed by atoms with Crippen molar-refractivity contribution in [3.8, 4) is 5.75 Å². The molecule has 0 radical (unpaired) electrons. The number of hydrogen-bond acceptors (Lipinski definition) is 6. The molecule has 0 spiro atoms. The molecule has 1 atom stereocenters. The lowest BCUT2D eigenvalue weighted by Crippen LogP contribution is -2.25. The van der Waals surface area contributed by atoms with Crippen molar-refractivity contribution < 1.29 is 9.53 Å². The molecule has 3 aromatic rings. The zero-order chi connectivity index (χ0) is 17.1. The van der Waals surface area contributed by atoms with Crippen LogP contribution in [0.5, 0.6) is 5.75 Å². The number of nitrogens with zero attached hydrogens (tertiary/aromatic N) is 4. The molecule has 1 saturated heterocycles. The first-order chi connectivity index (χ1) is 12.3. The van der Waals surface area contributed by atoms with Crippen LogP contribution in [0.25, 0.3) is 5.65 Å². The highest BCUT2D eigenvalue weighted by atomic mass is 16.5. The molecule has 8 heteroatoms. The maximum Gasteiger partial charge on any atom is 0.253 e. The summed E-state index contributed by atoms with van der Waals surface area (Å²) in [6.45, 7) is 2.17. The van der Waals surface area contributed by atoms with Crippen molar-refractivity contribution in [3.63, 3.8) is 0 Å². The Hall–Kier alpha value is -3.00. The first-order valence-corrected chi connectivity index (χ1v) is 8.17. The van der Waals surface area contributed by atoms with Gasteiger partial charge in [-0.3, -0.25) is 14.2 Å². The van der Waals surface area contributed by atoms with Gasteiger partial charge < -0.3 is 15.4 Å². The lowest BCUT2D eigenvalue weighted by molar-refractivity contribution is 0.0950. The summed E-state index contributed by atoms with van der Waals surface area (Å²) in [5.74, 6) is 0.548. The first kappa shape index (κ1) is 15.5. The first-order valence-electron chi connectivity index (χ1n) is 8.17. The van der Waals surface area contributed by atoms with E-state index >= 15 is 0 Å². The Morgan fingerprint density at radius 3 is 3.24 bits per heavy atom. The molecule has 1 aliphatic rings. The van der Waals surface area contributed by atoms with E-state index in [0.29, 0.717) is 23.5 Å². The van der Waals surface area contributed by atoms with Gasteiger partial charge in [-0.15, -0.1) is 10.2 Å². The van der Waals surface area contributed by atoms with Crippen LogP contribution in [0.15, 0.2) is 43.1 Å². The SMILES string of the molecule is O=C(NCc1ccncc1O[C@H]1CCNC1)c1ccc2nncn2c1. The van der Waals surface area contributed by atoms with Crippen molar-refractivity contribution in [2.75, 3.05) is 13.1 Å². The molecule has 4 heterocycles. The summed E-state index contributed by atoms with van der Waals surface area (Å²) in [5.41, 5.74) is 2.15. The van der Waals surface area contributed by atoms with Crippen LogP contribution < -0.4 is 15.4 Å². The van der Waals surface area contributed by atoms with E-state index in [1.165, 1.54) is 0 Å². The second-order valence-electron chi connectivity index (χ2n) is 5.91. The summed E-state index contributed by atoms with van der Waals surface area (Å²) in [4.78, 5) is 16.5. The number of aromatic nitrogens is 4. The fraction of sp³-hybridized carbons (Fsp3) is 0.294. The molecule has 4 rings (SSSR count). The van der Waals surface area contributed by atoms with Crippen LogP contribution in [0.4, 0.5) is 0 Å². The molecule has 0 aromatic carbocycles. The van der Waals surface area contributed by atoms with Gasteiger partial charge in [-0.25, -0.2) is 0 Å². The molecule has 1 aliphatic heterocycles. The summed E-state index contributed by atoms with van der Waals surface area (Å²) >= 11 is 0. The maximum atomic E-state index is 12.4. The van der Waals surface area contributed by atoms with Gasteiger partial charge in [0.2, 0.25) is 0 Å². The topological polar surface area (TPSA) is 93.4 Å². The third-order valence-corrected chi connectivity index (χ3v) is 4.17. The van der Waals surface area contributed by atoms with Crippen molar-refractivity contribution >= 4 is 11.6 Å². The second-order valence-corrected chi connectivity index (χ2v) is 5.91. The zero-order valence-corrected chi connectivity index (χ0v) is 13.6. The monoisotopic (exact) mass is 338 g/mol. The standard InChI is InChI=1S/C17H18N6O2/c24-17(13-1-2-16-22-21-11-23(16)10-13)20-7-12-3-5-19-9-15(12)25-14-4-6-18-8-14/h1-3,5,9-11,14,18H,4,6-8H2,(H,20,24)/t14-/m0/s1. The lowest BCUT2D eigenvalue weighted by Gasteiger charge is -2.16. The molecule has 0 bridgehead atoms. The smallest absolute Gasteiger partial charge is 0.253 e. The molecule has 1 amide bonds. The zero-order valence-electron chi connectivity index (χ0n) is 13.6. The van der Waals surface area contributed by atoms with Gasteiger partial charge in [0.1, 0.15) is 18.2 Å². The van der Waals surface area contributed by atoms with Crippen molar-refractivity contribution in [1.82, 2.24) is 30.2 Å². The van der Waals surface area contributed by atoms with Crippen LogP contribution in [0.1, 0.15) is 22.3 Å². The Morgan fingerprint density at radius 1 is 1.40 bits per heavy atom. The third-order valence-electron chi connectivity index (χ3n) is 4.17. The number of carbonyl (C=O) groups is 1. The predicted octanol–water partition coefficient (Wildman–Crippen LogP) is 0.795. The normalized spacial score (nSPS) is 16.9. The Labute approximate surface area is 144 Å². The molecular weight excluding hydrogens is 320 g/mol. The van der Waals surface area contributed by atoms with E-state index in [4.69, 9.17) is 4.74 Å². The number of pyridine rings is 2. The number of fused-ring (bicyclic) bond motifs is 1. The largest absolute Gasteiger partial charge is 0.487 e. The van der Waals surface area contributed by atoms with Gasteiger partial charge in [-0.05, 0) is 31.2 Å². The Morgan fingerprint density at radius 2 is 2.36 bits per heavy atom. The van der Waals surface area contributed by atoms with Crippen LogP contribution >= 0.6 is 0 Å². The molecule has 8 nitrogen and oxygen atoms in total. The molecule has 3 aromatic heterocycles. The molecule has 0 saturated carbocycles. The second kappa shape index (κ2) is 6.86. The molecule has 128 valence electrons. The minimum atomic E-state index is -0.166.